The lowest BCUT2D eigenvalue weighted by atomic mass is 9.93. The van der Waals surface area contributed by atoms with Gasteiger partial charge in [0.1, 0.15) is 11.5 Å². The van der Waals surface area contributed by atoms with Gasteiger partial charge >= 0.3 is 0 Å². The Hall–Kier alpha value is -3.14. The van der Waals surface area contributed by atoms with Crippen molar-refractivity contribution in [3.63, 3.8) is 0 Å². The number of benzene rings is 2. The van der Waals surface area contributed by atoms with Crippen molar-refractivity contribution in [3.05, 3.63) is 84.2 Å². The Labute approximate surface area is 153 Å². The zero-order valence-corrected chi connectivity index (χ0v) is 14.6. The van der Waals surface area contributed by atoms with Gasteiger partial charge in [-0.1, -0.05) is 25.1 Å². The number of aromatic nitrogens is 1. The normalized spacial score (nSPS) is 16.0. The van der Waals surface area contributed by atoms with Crippen LogP contribution in [0.25, 0.3) is 0 Å². The first-order valence-corrected chi connectivity index (χ1v) is 8.78. The molecule has 1 aromatic heterocycles. The van der Waals surface area contributed by atoms with Crippen LogP contribution in [0.3, 0.4) is 0 Å². The third kappa shape index (κ3) is 3.31. The van der Waals surface area contributed by atoms with Crippen LogP contribution in [0.5, 0.6) is 11.5 Å². The van der Waals surface area contributed by atoms with Crippen molar-refractivity contribution in [1.29, 1.82) is 0 Å². The maximum Gasteiger partial charge on any atom is 0.258 e. The fourth-order valence-electron chi connectivity index (χ4n) is 3.35. The fraction of sp³-hybridized carbons (Fsp3) is 0.182. The predicted octanol–water partition coefficient (Wildman–Crippen LogP) is 4.71. The second-order valence-electron chi connectivity index (χ2n) is 6.67. The first kappa shape index (κ1) is 16.3. The van der Waals surface area contributed by atoms with Crippen LogP contribution >= 0.6 is 0 Å². The van der Waals surface area contributed by atoms with Crippen molar-refractivity contribution in [2.75, 3.05) is 11.4 Å². The number of pyridine rings is 1. The third-order valence-electron chi connectivity index (χ3n) is 4.56. The smallest absolute Gasteiger partial charge is 0.258 e. The Kier molecular flexibility index (Phi) is 4.40. The molecule has 4 nitrogen and oxygen atoms in total. The standard InChI is InChI=1S/C22H20N2O2/c1-16-13-18-5-2-3-7-21(18)24(15-16)22(25)17-8-10-19(11-9-17)26-20-6-4-12-23-14-20/h2-12,14,16H,13,15H2,1H3/t16-/m1/s1. The van der Waals surface area contributed by atoms with Crippen LogP contribution in [0.15, 0.2) is 73.1 Å². The Morgan fingerprint density at radius 2 is 1.85 bits per heavy atom. The van der Waals surface area contributed by atoms with Crippen LogP contribution in [0, 0.1) is 5.92 Å². The molecule has 1 aliphatic heterocycles. The van der Waals surface area contributed by atoms with Crippen molar-refractivity contribution in [2.45, 2.75) is 13.3 Å². The van der Waals surface area contributed by atoms with Crippen LogP contribution in [0.1, 0.15) is 22.8 Å². The molecular weight excluding hydrogens is 324 g/mol. The highest BCUT2D eigenvalue weighted by Crippen LogP contribution is 2.31. The monoisotopic (exact) mass is 344 g/mol. The number of ether oxygens (including phenoxy) is 1. The van der Waals surface area contributed by atoms with Gasteiger partial charge in [-0.2, -0.15) is 0 Å². The van der Waals surface area contributed by atoms with E-state index in [1.54, 1.807) is 12.4 Å². The summed E-state index contributed by atoms with van der Waals surface area (Å²) in [6.45, 7) is 2.92. The maximum absolute atomic E-state index is 13.1. The first-order chi connectivity index (χ1) is 12.7. The van der Waals surface area contributed by atoms with E-state index in [4.69, 9.17) is 4.74 Å². The van der Waals surface area contributed by atoms with Gasteiger partial charge in [-0.3, -0.25) is 9.78 Å². The zero-order valence-electron chi connectivity index (χ0n) is 14.6. The molecule has 0 saturated heterocycles. The summed E-state index contributed by atoms with van der Waals surface area (Å²) in [6, 6.07) is 19.1. The topological polar surface area (TPSA) is 42.4 Å². The molecule has 3 aromatic rings. The van der Waals surface area contributed by atoms with E-state index in [0.717, 1.165) is 18.7 Å². The van der Waals surface area contributed by atoms with Gasteiger partial charge in [0.25, 0.3) is 5.91 Å². The Morgan fingerprint density at radius 3 is 2.62 bits per heavy atom. The minimum Gasteiger partial charge on any atom is -0.456 e. The molecular formula is C22H20N2O2. The zero-order chi connectivity index (χ0) is 17.9. The number of carbonyl (C=O) groups is 1. The Bertz CT molecular complexity index is 907. The van der Waals surface area contributed by atoms with Gasteiger partial charge in [0.05, 0.1) is 6.20 Å². The van der Waals surface area contributed by atoms with Crippen LogP contribution in [-0.2, 0) is 6.42 Å². The summed E-state index contributed by atoms with van der Waals surface area (Å²) in [4.78, 5) is 19.0. The molecule has 1 atom stereocenters. The second kappa shape index (κ2) is 7.00. The van der Waals surface area contributed by atoms with E-state index < -0.39 is 0 Å². The summed E-state index contributed by atoms with van der Waals surface area (Å²) in [6.07, 6.45) is 4.37. The van der Waals surface area contributed by atoms with Gasteiger partial charge in [-0.15, -0.1) is 0 Å². The van der Waals surface area contributed by atoms with Crippen molar-refractivity contribution in [1.82, 2.24) is 4.98 Å². The molecule has 130 valence electrons. The second-order valence-corrected chi connectivity index (χ2v) is 6.67. The van der Waals surface area contributed by atoms with Gasteiger partial charge in [0, 0.05) is 24.0 Å². The molecule has 26 heavy (non-hydrogen) atoms. The average molecular weight is 344 g/mol. The van der Waals surface area contributed by atoms with E-state index in [1.165, 1.54) is 5.56 Å². The number of rotatable bonds is 3. The van der Waals surface area contributed by atoms with Gasteiger partial charge in [-0.25, -0.2) is 0 Å². The van der Waals surface area contributed by atoms with Gasteiger partial charge in [-0.05, 0) is 60.4 Å². The van der Waals surface area contributed by atoms with E-state index >= 15 is 0 Å². The molecule has 2 aromatic carbocycles. The SMILES string of the molecule is C[C@@H]1Cc2ccccc2N(C(=O)c2ccc(Oc3cccnc3)cc2)C1. The summed E-state index contributed by atoms with van der Waals surface area (Å²) < 4.78 is 5.74. The van der Waals surface area contributed by atoms with E-state index in [9.17, 15) is 4.79 Å². The largest absolute Gasteiger partial charge is 0.456 e. The summed E-state index contributed by atoms with van der Waals surface area (Å²) in [5, 5.41) is 0. The van der Waals surface area contributed by atoms with Crippen LogP contribution in [-0.4, -0.2) is 17.4 Å². The molecule has 0 unspecified atom stereocenters. The van der Waals surface area contributed by atoms with Crippen molar-refractivity contribution in [2.24, 2.45) is 5.92 Å². The van der Waals surface area contributed by atoms with E-state index in [-0.39, 0.29) is 5.91 Å². The highest BCUT2D eigenvalue weighted by Gasteiger charge is 2.26. The Morgan fingerprint density at radius 1 is 1.04 bits per heavy atom. The summed E-state index contributed by atoms with van der Waals surface area (Å²) in [7, 11) is 0. The van der Waals surface area contributed by atoms with Gasteiger partial charge in [0.15, 0.2) is 0 Å². The first-order valence-electron chi connectivity index (χ1n) is 8.78. The fourth-order valence-corrected chi connectivity index (χ4v) is 3.35. The van der Waals surface area contributed by atoms with E-state index in [1.807, 2.05) is 59.5 Å². The minimum atomic E-state index is 0.0249. The number of anilines is 1. The highest BCUT2D eigenvalue weighted by atomic mass is 16.5. The lowest BCUT2D eigenvalue weighted by Crippen LogP contribution is -2.39. The molecule has 1 aliphatic rings. The molecule has 4 rings (SSSR count). The van der Waals surface area contributed by atoms with Crippen molar-refractivity contribution >= 4 is 11.6 Å². The van der Waals surface area contributed by atoms with Crippen molar-refractivity contribution < 1.29 is 9.53 Å². The summed E-state index contributed by atoms with van der Waals surface area (Å²) in [5.74, 6) is 1.83. The molecule has 0 bridgehead atoms. The quantitative estimate of drug-likeness (QED) is 0.691. The van der Waals surface area contributed by atoms with Crippen LogP contribution < -0.4 is 9.64 Å². The lowest BCUT2D eigenvalue weighted by Gasteiger charge is -2.33. The molecule has 4 heteroatoms. The number of para-hydroxylation sites is 1. The van der Waals surface area contributed by atoms with Gasteiger partial charge < -0.3 is 9.64 Å². The number of amides is 1. The van der Waals surface area contributed by atoms with Gasteiger partial charge in [0.2, 0.25) is 0 Å². The number of nitrogens with zero attached hydrogens (tertiary/aromatic N) is 2. The average Bonchev–Trinajstić information content (AvgIpc) is 2.68. The Balaban J connectivity index is 1.55. The van der Waals surface area contributed by atoms with Crippen LogP contribution in [0.2, 0.25) is 0 Å². The molecule has 0 fully saturated rings. The predicted molar refractivity (Wildman–Crippen MR) is 102 cm³/mol. The molecule has 0 saturated carbocycles. The number of hydrogen-bond acceptors (Lipinski definition) is 3. The number of carbonyl (C=O) groups excluding carboxylic acids is 1. The molecule has 2 heterocycles. The number of fused-ring (bicyclic) bond motifs is 1. The van der Waals surface area contributed by atoms with E-state index in [0.29, 0.717) is 23.0 Å². The minimum absolute atomic E-state index is 0.0249. The third-order valence-corrected chi connectivity index (χ3v) is 4.56. The molecule has 0 aliphatic carbocycles. The lowest BCUT2D eigenvalue weighted by molar-refractivity contribution is 0.0981. The molecule has 1 amide bonds. The highest BCUT2D eigenvalue weighted by molar-refractivity contribution is 6.06. The van der Waals surface area contributed by atoms with E-state index in [2.05, 4.69) is 18.0 Å². The summed E-state index contributed by atoms with van der Waals surface area (Å²) in [5.41, 5.74) is 2.91. The maximum atomic E-state index is 13.1. The molecule has 0 spiro atoms. The molecule has 0 radical (unpaired) electrons. The number of hydrogen-bond donors (Lipinski definition) is 0. The van der Waals surface area contributed by atoms with Crippen molar-refractivity contribution in [3.8, 4) is 11.5 Å². The summed E-state index contributed by atoms with van der Waals surface area (Å²) >= 11 is 0. The van der Waals surface area contributed by atoms with Crippen LogP contribution in [0.4, 0.5) is 5.69 Å². The molecule has 0 N–H and O–H groups in total.